The average Bonchev–Trinajstić information content (AvgIpc) is 2.50. The Bertz CT molecular complexity index is 555. The Labute approximate surface area is 198 Å². The number of hydrogen-bond donors (Lipinski definition) is 1. The van der Waals surface area contributed by atoms with Crippen molar-refractivity contribution in [3.8, 4) is 0 Å². The minimum absolute atomic E-state index is 0. The van der Waals surface area contributed by atoms with Gasteiger partial charge in [0.15, 0.2) is 0 Å². The molecule has 0 saturated heterocycles. The van der Waals surface area contributed by atoms with Crippen LogP contribution in [0.15, 0.2) is 0 Å². The minimum Gasteiger partial charge on any atom is -0.550 e. The second kappa shape index (κ2) is 15.6. The maximum absolute atomic E-state index is 12.5. The summed E-state index contributed by atoms with van der Waals surface area (Å²) in [6.45, 7) is 8.45. The molecule has 0 aromatic carbocycles. The zero-order chi connectivity index (χ0) is 21.8. The Hall–Kier alpha value is -0.150. The first kappa shape index (κ1) is 31.0. The van der Waals surface area contributed by atoms with Crippen molar-refractivity contribution in [3.63, 3.8) is 0 Å². The molecule has 7 nitrogen and oxygen atoms in total. The van der Waals surface area contributed by atoms with Gasteiger partial charge in [-0.1, -0.05) is 79.1 Å². The average molecular weight is 445 g/mol. The molecule has 0 aromatic heterocycles. The summed E-state index contributed by atoms with van der Waals surface area (Å²) in [6.07, 6.45) is 6.47. The van der Waals surface area contributed by atoms with E-state index in [1.807, 2.05) is 0 Å². The van der Waals surface area contributed by atoms with Crippen LogP contribution in [0.1, 0.15) is 98.3 Å². The van der Waals surface area contributed by atoms with Gasteiger partial charge in [0.05, 0.1) is 5.41 Å². The molecule has 0 aromatic rings. The number of carboxylic acids is 1. The van der Waals surface area contributed by atoms with Crippen LogP contribution in [-0.2, 0) is 24.2 Å². The summed E-state index contributed by atoms with van der Waals surface area (Å²) < 4.78 is 35.1. The van der Waals surface area contributed by atoms with E-state index in [4.69, 9.17) is 4.55 Å². The zero-order valence-corrected chi connectivity index (χ0v) is 21.6. The van der Waals surface area contributed by atoms with Crippen LogP contribution in [0.5, 0.6) is 0 Å². The monoisotopic (exact) mass is 444 g/mol. The third-order valence-electron chi connectivity index (χ3n) is 4.97. The van der Waals surface area contributed by atoms with Crippen molar-refractivity contribution >= 4 is 22.3 Å². The second-order valence-electron chi connectivity index (χ2n) is 8.61. The van der Waals surface area contributed by atoms with Crippen LogP contribution in [0.4, 0.5) is 0 Å². The standard InChI is InChI=1S/C20H38O7S.Na/c1-16(2)11-7-5-9-13-20(15-18(21)22,19(23)27-28(24,25)26)14-10-6-8-12-17(3)4;/h16-17H,5-15H2,1-4H3,(H,21,22)(H,24,25,26);/q;+1/p-1. The van der Waals surface area contributed by atoms with E-state index in [1.54, 1.807) is 0 Å². The van der Waals surface area contributed by atoms with Crippen molar-refractivity contribution in [1.82, 2.24) is 0 Å². The van der Waals surface area contributed by atoms with Crippen molar-refractivity contribution < 1.29 is 61.4 Å². The van der Waals surface area contributed by atoms with Crippen LogP contribution in [0.25, 0.3) is 0 Å². The number of carbonyl (C=O) groups excluding carboxylic acids is 2. The smallest absolute Gasteiger partial charge is 0.550 e. The third kappa shape index (κ3) is 16.2. The van der Waals surface area contributed by atoms with E-state index in [2.05, 4.69) is 31.9 Å². The summed E-state index contributed by atoms with van der Waals surface area (Å²) in [4.78, 5) is 23.8. The fourth-order valence-electron chi connectivity index (χ4n) is 3.42. The molecule has 0 rings (SSSR count). The van der Waals surface area contributed by atoms with E-state index in [1.165, 1.54) is 0 Å². The summed E-state index contributed by atoms with van der Waals surface area (Å²) >= 11 is 0. The number of unbranched alkanes of at least 4 members (excludes halogenated alkanes) is 4. The summed E-state index contributed by atoms with van der Waals surface area (Å²) in [5, 5.41) is 11.3. The normalized spacial score (nSPS) is 12.1. The summed E-state index contributed by atoms with van der Waals surface area (Å²) in [6, 6.07) is 0. The molecule has 166 valence electrons. The van der Waals surface area contributed by atoms with Gasteiger partial charge in [0, 0.05) is 12.4 Å². The van der Waals surface area contributed by atoms with Gasteiger partial charge in [-0.2, -0.15) is 8.42 Å². The van der Waals surface area contributed by atoms with Crippen LogP contribution in [0.3, 0.4) is 0 Å². The summed E-state index contributed by atoms with van der Waals surface area (Å²) in [5.74, 6) is -1.53. The number of carboxylic acid groups (broad SMARTS) is 1. The van der Waals surface area contributed by atoms with E-state index >= 15 is 0 Å². The van der Waals surface area contributed by atoms with Crippen molar-refractivity contribution in [2.24, 2.45) is 17.3 Å². The van der Waals surface area contributed by atoms with Gasteiger partial charge in [0.2, 0.25) is 0 Å². The molecule has 0 saturated carbocycles. The molecule has 0 aliphatic heterocycles. The molecular weight excluding hydrogens is 407 g/mol. The van der Waals surface area contributed by atoms with Crippen molar-refractivity contribution in [1.29, 1.82) is 0 Å². The first-order valence-corrected chi connectivity index (χ1v) is 11.7. The molecule has 0 bridgehead atoms. The molecular formula is C20H37NaO7S. The van der Waals surface area contributed by atoms with Gasteiger partial charge in [-0.15, -0.1) is 0 Å². The van der Waals surface area contributed by atoms with Gasteiger partial charge in [-0.25, -0.2) is 0 Å². The van der Waals surface area contributed by atoms with Gasteiger partial charge in [0.25, 0.3) is 0 Å². The van der Waals surface area contributed by atoms with E-state index in [9.17, 15) is 23.1 Å². The minimum atomic E-state index is -5.00. The van der Waals surface area contributed by atoms with E-state index < -0.39 is 34.2 Å². The molecule has 29 heavy (non-hydrogen) atoms. The molecule has 0 heterocycles. The van der Waals surface area contributed by atoms with Crippen molar-refractivity contribution in [3.05, 3.63) is 0 Å². The van der Waals surface area contributed by atoms with Crippen LogP contribution in [0, 0.1) is 17.3 Å². The van der Waals surface area contributed by atoms with E-state index in [-0.39, 0.29) is 42.4 Å². The third-order valence-corrected chi connectivity index (χ3v) is 5.33. The van der Waals surface area contributed by atoms with Gasteiger partial charge >= 0.3 is 45.9 Å². The Morgan fingerprint density at radius 3 is 1.62 bits per heavy atom. The first-order valence-electron chi connectivity index (χ1n) is 10.3. The van der Waals surface area contributed by atoms with Crippen LogP contribution < -0.4 is 34.7 Å². The van der Waals surface area contributed by atoms with Gasteiger partial charge in [-0.3, -0.25) is 9.35 Å². The topological polar surface area (TPSA) is 121 Å². The molecule has 0 unspecified atom stereocenters. The molecule has 9 heteroatoms. The van der Waals surface area contributed by atoms with E-state index in [0.29, 0.717) is 24.7 Å². The molecule has 0 fully saturated rings. The van der Waals surface area contributed by atoms with Crippen LogP contribution >= 0.6 is 0 Å². The summed E-state index contributed by atoms with van der Waals surface area (Å²) in [5.41, 5.74) is -1.50. The quantitative estimate of drug-likeness (QED) is 0.211. The number of hydrogen-bond acceptors (Lipinski definition) is 6. The number of aliphatic carboxylic acids is 1. The predicted octanol–water partition coefficient (Wildman–Crippen LogP) is 0.676. The second-order valence-corrected chi connectivity index (χ2v) is 9.64. The Morgan fingerprint density at radius 1 is 0.897 bits per heavy atom. The maximum Gasteiger partial charge on any atom is 1.00 e. The zero-order valence-electron chi connectivity index (χ0n) is 18.7. The Balaban J connectivity index is 0. The SMILES string of the molecule is CC(C)CCCCCC(CCCCCC(C)C)(CC(=O)[O-])C(=O)OS(=O)(=O)O.[Na+]. The van der Waals surface area contributed by atoms with Crippen molar-refractivity contribution in [2.75, 3.05) is 0 Å². The molecule has 0 atom stereocenters. The fourth-order valence-corrected chi connectivity index (χ4v) is 3.79. The fraction of sp³-hybridized carbons (Fsp3) is 0.900. The molecule has 0 radical (unpaired) electrons. The van der Waals surface area contributed by atoms with Crippen LogP contribution in [0.2, 0.25) is 0 Å². The Morgan fingerprint density at radius 2 is 1.31 bits per heavy atom. The number of carbonyl (C=O) groups is 2. The summed E-state index contributed by atoms with van der Waals surface area (Å²) in [7, 11) is -5.00. The maximum atomic E-state index is 12.5. The van der Waals surface area contributed by atoms with Crippen molar-refractivity contribution in [2.45, 2.75) is 98.3 Å². The van der Waals surface area contributed by atoms with E-state index in [0.717, 1.165) is 38.5 Å². The van der Waals surface area contributed by atoms with Crippen LogP contribution in [-0.4, -0.2) is 24.9 Å². The molecule has 0 amide bonds. The predicted molar refractivity (Wildman–Crippen MR) is 106 cm³/mol. The Kier molecular flexibility index (Phi) is 16.7. The largest absolute Gasteiger partial charge is 1.00 e. The molecule has 0 aliphatic rings. The van der Waals surface area contributed by atoms with Gasteiger partial charge in [0.1, 0.15) is 0 Å². The van der Waals surface area contributed by atoms with Gasteiger partial charge < -0.3 is 14.1 Å². The molecule has 1 N–H and O–H groups in total. The molecule has 0 aliphatic carbocycles. The van der Waals surface area contributed by atoms with Gasteiger partial charge in [-0.05, 0) is 24.7 Å². The molecule has 0 spiro atoms. The number of rotatable bonds is 16. The first-order chi connectivity index (χ1) is 12.9.